The number of aliphatic hydroxyl groups excluding tert-OH is 1. The number of hydrogen-bond donors (Lipinski definition) is 1. The standard InChI is InChI=1S/C14H19N5OS/c20-9-8-18-4-6-19(7-5-18)10-12-11-21-14(17-12)13-15-2-1-3-16-13/h1-3,11,20H,4-10H2. The Kier molecular flexibility index (Phi) is 4.87. The second-order valence-corrected chi connectivity index (χ2v) is 5.92. The van der Waals surface area contributed by atoms with Gasteiger partial charge in [-0.05, 0) is 6.07 Å². The van der Waals surface area contributed by atoms with Gasteiger partial charge in [-0.15, -0.1) is 11.3 Å². The Morgan fingerprint density at radius 2 is 1.81 bits per heavy atom. The summed E-state index contributed by atoms with van der Waals surface area (Å²) in [6.45, 7) is 5.96. The molecule has 0 bridgehead atoms. The van der Waals surface area contributed by atoms with Gasteiger partial charge in [-0.25, -0.2) is 15.0 Å². The summed E-state index contributed by atoms with van der Waals surface area (Å²) in [5.41, 5.74) is 1.08. The van der Waals surface area contributed by atoms with Crippen molar-refractivity contribution in [3.8, 4) is 10.8 Å². The minimum Gasteiger partial charge on any atom is -0.395 e. The molecule has 7 heteroatoms. The smallest absolute Gasteiger partial charge is 0.188 e. The maximum atomic E-state index is 8.95. The van der Waals surface area contributed by atoms with Crippen LogP contribution in [0.5, 0.6) is 0 Å². The lowest BCUT2D eigenvalue weighted by molar-refractivity contribution is 0.108. The summed E-state index contributed by atoms with van der Waals surface area (Å²) < 4.78 is 0. The number of rotatable bonds is 5. The van der Waals surface area contributed by atoms with E-state index in [0.717, 1.165) is 50.0 Å². The van der Waals surface area contributed by atoms with Crippen molar-refractivity contribution >= 4 is 11.3 Å². The van der Waals surface area contributed by atoms with Crippen molar-refractivity contribution < 1.29 is 5.11 Å². The molecule has 1 aliphatic rings. The zero-order chi connectivity index (χ0) is 14.5. The number of nitrogens with zero attached hydrogens (tertiary/aromatic N) is 5. The van der Waals surface area contributed by atoms with E-state index in [4.69, 9.17) is 5.11 Å². The van der Waals surface area contributed by atoms with Crippen LogP contribution in [0.1, 0.15) is 5.69 Å². The zero-order valence-electron chi connectivity index (χ0n) is 11.9. The summed E-state index contributed by atoms with van der Waals surface area (Å²) in [7, 11) is 0. The van der Waals surface area contributed by atoms with Crippen LogP contribution in [-0.4, -0.2) is 69.2 Å². The van der Waals surface area contributed by atoms with Gasteiger partial charge >= 0.3 is 0 Å². The molecule has 0 radical (unpaired) electrons. The van der Waals surface area contributed by atoms with Crippen molar-refractivity contribution in [3.05, 3.63) is 29.5 Å². The van der Waals surface area contributed by atoms with Crippen LogP contribution < -0.4 is 0 Å². The van der Waals surface area contributed by atoms with E-state index in [1.54, 1.807) is 23.7 Å². The van der Waals surface area contributed by atoms with Crippen molar-refractivity contribution in [2.24, 2.45) is 0 Å². The second kappa shape index (κ2) is 7.04. The summed E-state index contributed by atoms with van der Waals surface area (Å²) >= 11 is 1.59. The highest BCUT2D eigenvalue weighted by Crippen LogP contribution is 2.20. The van der Waals surface area contributed by atoms with Crippen molar-refractivity contribution in [1.29, 1.82) is 0 Å². The summed E-state index contributed by atoms with van der Waals surface area (Å²) in [5, 5.41) is 11.9. The van der Waals surface area contributed by atoms with E-state index in [-0.39, 0.29) is 6.61 Å². The minimum atomic E-state index is 0.243. The predicted octanol–water partition coefficient (Wildman–Crippen LogP) is 0.710. The molecular weight excluding hydrogens is 286 g/mol. The molecule has 0 amide bonds. The first-order valence-electron chi connectivity index (χ1n) is 7.12. The lowest BCUT2D eigenvalue weighted by atomic mass is 10.3. The number of aliphatic hydroxyl groups is 1. The van der Waals surface area contributed by atoms with E-state index in [0.29, 0.717) is 5.82 Å². The fourth-order valence-electron chi connectivity index (χ4n) is 2.43. The fourth-order valence-corrected chi connectivity index (χ4v) is 3.19. The maximum absolute atomic E-state index is 8.95. The van der Waals surface area contributed by atoms with Gasteiger partial charge in [-0.1, -0.05) is 0 Å². The van der Waals surface area contributed by atoms with Gasteiger partial charge in [0.15, 0.2) is 10.8 Å². The van der Waals surface area contributed by atoms with Gasteiger partial charge in [0.1, 0.15) is 0 Å². The molecule has 112 valence electrons. The highest BCUT2D eigenvalue weighted by molar-refractivity contribution is 7.13. The number of β-amino-alcohol motifs (C(OH)–C–C–N with tert-alkyl or cyclic N) is 1. The van der Waals surface area contributed by atoms with Crippen LogP contribution in [0, 0.1) is 0 Å². The molecule has 3 rings (SSSR count). The van der Waals surface area contributed by atoms with Crippen molar-refractivity contribution in [2.45, 2.75) is 6.54 Å². The molecule has 2 aromatic heterocycles. The molecule has 0 spiro atoms. The van der Waals surface area contributed by atoms with Crippen LogP contribution in [0.3, 0.4) is 0 Å². The van der Waals surface area contributed by atoms with Crippen LogP contribution in [-0.2, 0) is 6.54 Å². The third-order valence-corrected chi connectivity index (χ3v) is 4.46. The average Bonchev–Trinajstić information content (AvgIpc) is 2.99. The first-order chi connectivity index (χ1) is 10.3. The molecule has 0 saturated carbocycles. The molecule has 1 saturated heterocycles. The largest absolute Gasteiger partial charge is 0.395 e. The second-order valence-electron chi connectivity index (χ2n) is 5.06. The molecule has 1 N–H and O–H groups in total. The van der Waals surface area contributed by atoms with Gasteiger partial charge in [0.05, 0.1) is 12.3 Å². The molecule has 0 aromatic carbocycles. The van der Waals surface area contributed by atoms with E-state index in [1.165, 1.54) is 0 Å². The zero-order valence-corrected chi connectivity index (χ0v) is 12.7. The Morgan fingerprint density at radius 1 is 1.10 bits per heavy atom. The lowest BCUT2D eigenvalue weighted by Crippen LogP contribution is -2.46. The highest BCUT2D eigenvalue weighted by atomic mass is 32.1. The fraction of sp³-hybridized carbons (Fsp3) is 0.500. The lowest BCUT2D eigenvalue weighted by Gasteiger charge is -2.33. The van der Waals surface area contributed by atoms with Crippen LogP contribution in [0.4, 0.5) is 0 Å². The topological polar surface area (TPSA) is 65.4 Å². The van der Waals surface area contributed by atoms with Crippen LogP contribution in [0.25, 0.3) is 10.8 Å². The third kappa shape index (κ3) is 3.82. The van der Waals surface area contributed by atoms with Crippen LogP contribution in [0.15, 0.2) is 23.8 Å². The summed E-state index contributed by atoms with van der Waals surface area (Å²) in [5.74, 6) is 0.696. The number of aromatic nitrogens is 3. The van der Waals surface area contributed by atoms with Gasteiger partial charge in [0, 0.05) is 57.0 Å². The molecule has 0 unspecified atom stereocenters. The van der Waals surface area contributed by atoms with E-state index in [2.05, 4.69) is 30.1 Å². The number of hydrogen-bond acceptors (Lipinski definition) is 7. The Balaban J connectivity index is 1.56. The van der Waals surface area contributed by atoms with Gasteiger partial charge in [-0.3, -0.25) is 9.80 Å². The average molecular weight is 305 g/mol. The van der Waals surface area contributed by atoms with Crippen LogP contribution >= 0.6 is 11.3 Å². The highest BCUT2D eigenvalue weighted by Gasteiger charge is 2.17. The monoisotopic (exact) mass is 305 g/mol. The van der Waals surface area contributed by atoms with Crippen molar-refractivity contribution in [1.82, 2.24) is 24.8 Å². The first-order valence-corrected chi connectivity index (χ1v) is 8.00. The Morgan fingerprint density at radius 3 is 2.52 bits per heavy atom. The van der Waals surface area contributed by atoms with Crippen molar-refractivity contribution in [3.63, 3.8) is 0 Å². The van der Waals surface area contributed by atoms with E-state index >= 15 is 0 Å². The molecule has 1 aliphatic heterocycles. The number of piperazine rings is 1. The molecule has 3 heterocycles. The predicted molar refractivity (Wildman–Crippen MR) is 81.9 cm³/mol. The molecule has 2 aromatic rings. The Bertz CT molecular complexity index is 554. The summed E-state index contributed by atoms with van der Waals surface area (Å²) in [6.07, 6.45) is 3.48. The summed E-state index contributed by atoms with van der Waals surface area (Å²) in [6, 6.07) is 1.81. The van der Waals surface area contributed by atoms with Crippen molar-refractivity contribution in [2.75, 3.05) is 39.3 Å². The Hall–Kier alpha value is -1.41. The van der Waals surface area contributed by atoms with Gasteiger partial charge < -0.3 is 5.11 Å². The van der Waals surface area contributed by atoms with Crippen LogP contribution in [0.2, 0.25) is 0 Å². The van der Waals surface area contributed by atoms with E-state index in [9.17, 15) is 0 Å². The molecule has 1 fully saturated rings. The van der Waals surface area contributed by atoms with Gasteiger partial charge in [0.25, 0.3) is 0 Å². The summed E-state index contributed by atoms with van der Waals surface area (Å²) in [4.78, 5) is 17.8. The van der Waals surface area contributed by atoms with E-state index in [1.807, 2.05) is 6.07 Å². The van der Waals surface area contributed by atoms with Gasteiger partial charge in [0.2, 0.25) is 0 Å². The third-order valence-electron chi connectivity index (χ3n) is 3.58. The normalized spacial score (nSPS) is 17.2. The van der Waals surface area contributed by atoms with E-state index < -0.39 is 0 Å². The molecule has 21 heavy (non-hydrogen) atoms. The SMILES string of the molecule is OCCN1CCN(Cc2csc(-c3ncccn3)n2)CC1. The molecule has 0 atom stereocenters. The van der Waals surface area contributed by atoms with Gasteiger partial charge in [-0.2, -0.15) is 0 Å². The maximum Gasteiger partial charge on any atom is 0.188 e. The quantitative estimate of drug-likeness (QED) is 0.878. The first kappa shape index (κ1) is 14.5. The molecule has 0 aliphatic carbocycles. The minimum absolute atomic E-state index is 0.243. The number of thiazole rings is 1. The molecule has 6 nitrogen and oxygen atoms in total. The molecular formula is C14H19N5OS. The Labute approximate surface area is 128 Å².